The lowest BCUT2D eigenvalue weighted by Gasteiger charge is -2.37. The first kappa shape index (κ1) is 23.8. The Morgan fingerprint density at radius 3 is 2.61 bits per heavy atom. The van der Waals surface area contributed by atoms with E-state index in [2.05, 4.69) is 5.32 Å². The van der Waals surface area contributed by atoms with E-state index in [-0.39, 0.29) is 5.97 Å². The molecule has 2 heterocycles. The van der Waals surface area contributed by atoms with Crippen LogP contribution in [0, 0.1) is 0 Å². The van der Waals surface area contributed by atoms with Gasteiger partial charge in [0.15, 0.2) is 5.11 Å². The number of ether oxygens (including phenoxy) is 1. The molecular formula is C23H26F3N3O2S2. The molecule has 1 aromatic heterocycles. The molecule has 0 atom stereocenters. The molecule has 33 heavy (non-hydrogen) atoms. The minimum atomic E-state index is -4.36. The highest BCUT2D eigenvalue weighted by Gasteiger charge is 2.31. The smallest absolute Gasteiger partial charge is 0.416 e. The Morgan fingerprint density at radius 1 is 1.18 bits per heavy atom. The molecular weight excluding hydrogens is 471 g/mol. The van der Waals surface area contributed by atoms with Gasteiger partial charge in [-0.3, -0.25) is 0 Å². The summed E-state index contributed by atoms with van der Waals surface area (Å²) < 4.78 is 44.4. The summed E-state index contributed by atoms with van der Waals surface area (Å²) in [6, 6.07) is 5.41. The number of nitrogens with zero attached hydrogens (tertiary/aromatic N) is 2. The largest absolute Gasteiger partial charge is 0.462 e. The monoisotopic (exact) mass is 497 g/mol. The summed E-state index contributed by atoms with van der Waals surface area (Å²) in [6.45, 7) is 4.34. The number of aryl methyl sites for hydroxylation is 1. The molecule has 2 aliphatic rings. The minimum Gasteiger partial charge on any atom is -0.462 e. The van der Waals surface area contributed by atoms with Gasteiger partial charge < -0.3 is 19.9 Å². The van der Waals surface area contributed by atoms with Crippen LogP contribution in [0.2, 0.25) is 0 Å². The first-order valence-corrected chi connectivity index (χ1v) is 12.3. The van der Waals surface area contributed by atoms with Gasteiger partial charge in [0, 0.05) is 36.7 Å². The molecule has 1 saturated heterocycles. The number of benzene rings is 1. The van der Waals surface area contributed by atoms with Crippen molar-refractivity contribution in [3.63, 3.8) is 0 Å². The fourth-order valence-electron chi connectivity index (χ4n) is 4.30. The second-order valence-electron chi connectivity index (χ2n) is 8.09. The number of hydrogen-bond acceptors (Lipinski definition) is 5. The molecule has 1 aliphatic carbocycles. The third kappa shape index (κ3) is 5.27. The Kier molecular flexibility index (Phi) is 7.13. The molecule has 5 nitrogen and oxygen atoms in total. The van der Waals surface area contributed by atoms with Crippen molar-refractivity contribution in [3.8, 4) is 0 Å². The van der Waals surface area contributed by atoms with Gasteiger partial charge in [-0.2, -0.15) is 13.2 Å². The lowest BCUT2D eigenvalue weighted by molar-refractivity contribution is -0.137. The molecule has 0 spiro atoms. The number of thiocarbonyl (C=S) groups is 1. The van der Waals surface area contributed by atoms with E-state index in [4.69, 9.17) is 17.0 Å². The zero-order valence-corrected chi connectivity index (χ0v) is 20.0. The topological polar surface area (TPSA) is 44.8 Å². The molecule has 0 bridgehead atoms. The highest BCUT2D eigenvalue weighted by molar-refractivity contribution is 7.80. The molecule has 1 aliphatic heterocycles. The summed E-state index contributed by atoms with van der Waals surface area (Å²) in [5.74, 6) is -0.323. The molecule has 178 valence electrons. The van der Waals surface area contributed by atoms with E-state index in [1.54, 1.807) is 24.3 Å². The lowest BCUT2D eigenvalue weighted by atomic mass is 9.95. The molecule has 0 radical (unpaired) electrons. The standard InChI is InChI=1S/C23H26F3N3O2S2/c1-2-31-21(30)19-17-8-3-4-9-18(17)33-20(19)27-22(32)29-12-10-28(11-13-29)16-7-5-6-15(14-16)23(24,25)26/h5-7,14H,2-4,8-13H2,1H3,(H,27,32). The van der Waals surface area contributed by atoms with Crippen LogP contribution in [0.3, 0.4) is 0 Å². The van der Waals surface area contributed by atoms with Crippen LogP contribution in [0.1, 0.15) is 46.1 Å². The number of esters is 1. The van der Waals surface area contributed by atoms with Gasteiger partial charge in [-0.05, 0) is 68.6 Å². The van der Waals surface area contributed by atoms with Gasteiger partial charge in [0.2, 0.25) is 0 Å². The van der Waals surface area contributed by atoms with Crippen LogP contribution in [0.15, 0.2) is 24.3 Å². The number of rotatable bonds is 4. The van der Waals surface area contributed by atoms with E-state index in [0.29, 0.717) is 49.1 Å². The predicted molar refractivity (Wildman–Crippen MR) is 128 cm³/mol. The van der Waals surface area contributed by atoms with Crippen molar-refractivity contribution < 1.29 is 22.7 Å². The van der Waals surface area contributed by atoms with E-state index in [0.717, 1.165) is 42.3 Å². The number of fused-ring (bicyclic) bond motifs is 1. The van der Waals surface area contributed by atoms with Gasteiger partial charge in [-0.1, -0.05) is 6.07 Å². The number of carbonyl (C=O) groups excluding carboxylic acids is 1. The number of thiophene rings is 1. The molecule has 1 fully saturated rings. The summed E-state index contributed by atoms with van der Waals surface area (Å²) >= 11 is 7.20. The Labute approximate surface area is 200 Å². The van der Waals surface area contributed by atoms with Crippen LogP contribution in [0.25, 0.3) is 0 Å². The van der Waals surface area contributed by atoms with Crippen LogP contribution in [-0.4, -0.2) is 48.8 Å². The van der Waals surface area contributed by atoms with E-state index in [1.165, 1.54) is 17.0 Å². The zero-order chi connectivity index (χ0) is 23.6. The lowest BCUT2D eigenvalue weighted by Crippen LogP contribution is -2.50. The molecule has 4 rings (SSSR count). The molecule has 2 aromatic rings. The van der Waals surface area contributed by atoms with Gasteiger partial charge in [-0.15, -0.1) is 11.3 Å². The maximum absolute atomic E-state index is 13.0. The van der Waals surface area contributed by atoms with Gasteiger partial charge >= 0.3 is 12.1 Å². The molecule has 0 amide bonds. The van der Waals surface area contributed by atoms with E-state index in [1.807, 2.05) is 9.80 Å². The predicted octanol–water partition coefficient (Wildman–Crippen LogP) is 5.34. The summed E-state index contributed by atoms with van der Waals surface area (Å²) in [6.07, 6.45) is -0.380. The quantitative estimate of drug-likeness (QED) is 0.454. The first-order valence-electron chi connectivity index (χ1n) is 11.1. The van der Waals surface area contributed by atoms with Gasteiger partial charge in [-0.25, -0.2) is 4.79 Å². The van der Waals surface area contributed by atoms with Crippen LogP contribution in [0.4, 0.5) is 23.9 Å². The normalized spacial score (nSPS) is 16.4. The molecule has 10 heteroatoms. The SMILES string of the molecule is CCOC(=O)c1c(NC(=S)N2CCN(c3cccc(C(F)(F)F)c3)CC2)sc2c1CCCC2. The van der Waals surface area contributed by atoms with Crippen molar-refractivity contribution in [2.45, 2.75) is 38.8 Å². The number of carbonyl (C=O) groups is 1. The third-order valence-electron chi connectivity index (χ3n) is 5.98. The van der Waals surface area contributed by atoms with Crippen molar-refractivity contribution in [2.75, 3.05) is 43.0 Å². The first-order chi connectivity index (χ1) is 15.8. The maximum atomic E-state index is 13.0. The van der Waals surface area contributed by atoms with Gasteiger partial charge in [0.1, 0.15) is 5.00 Å². The van der Waals surface area contributed by atoms with E-state index in [9.17, 15) is 18.0 Å². The van der Waals surface area contributed by atoms with Crippen molar-refractivity contribution >= 4 is 45.3 Å². The fraction of sp³-hybridized carbons (Fsp3) is 0.478. The van der Waals surface area contributed by atoms with Crippen LogP contribution in [-0.2, 0) is 23.8 Å². The number of anilines is 2. The van der Waals surface area contributed by atoms with Crippen LogP contribution in [0.5, 0.6) is 0 Å². The number of nitrogens with one attached hydrogen (secondary N) is 1. The zero-order valence-electron chi connectivity index (χ0n) is 18.3. The average molecular weight is 498 g/mol. The summed E-state index contributed by atoms with van der Waals surface area (Å²) in [7, 11) is 0. The van der Waals surface area contributed by atoms with Crippen LogP contribution < -0.4 is 10.2 Å². The molecule has 0 saturated carbocycles. The highest BCUT2D eigenvalue weighted by atomic mass is 32.1. The number of alkyl halides is 3. The average Bonchev–Trinajstić information content (AvgIpc) is 3.16. The Balaban J connectivity index is 1.43. The van der Waals surface area contributed by atoms with Gasteiger partial charge in [0.25, 0.3) is 0 Å². The molecule has 1 N–H and O–H groups in total. The Hall–Kier alpha value is -2.33. The molecule has 1 aromatic carbocycles. The minimum absolute atomic E-state index is 0.310. The van der Waals surface area contributed by atoms with Crippen molar-refractivity contribution in [2.24, 2.45) is 0 Å². The van der Waals surface area contributed by atoms with Crippen molar-refractivity contribution in [1.29, 1.82) is 0 Å². The second-order valence-corrected chi connectivity index (χ2v) is 9.58. The Bertz CT molecular complexity index is 1030. The molecule has 0 unspecified atom stereocenters. The number of hydrogen-bond donors (Lipinski definition) is 1. The van der Waals surface area contributed by atoms with Crippen molar-refractivity contribution in [3.05, 3.63) is 45.8 Å². The fourth-order valence-corrected chi connectivity index (χ4v) is 5.92. The van der Waals surface area contributed by atoms with Crippen LogP contribution >= 0.6 is 23.6 Å². The third-order valence-corrected chi connectivity index (χ3v) is 7.54. The van der Waals surface area contributed by atoms with E-state index < -0.39 is 11.7 Å². The number of piperazine rings is 1. The second kappa shape index (κ2) is 9.89. The summed E-state index contributed by atoms with van der Waals surface area (Å²) in [4.78, 5) is 17.8. The maximum Gasteiger partial charge on any atom is 0.416 e. The van der Waals surface area contributed by atoms with Gasteiger partial charge in [0.05, 0.1) is 17.7 Å². The van der Waals surface area contributed by atoms with E-state index >= 15 is 0 Å². The number of halogens is 3. The summed E-state index contributed by atoms with van der Waals surface area (Å²) in [5.41, 5.74) is 1.58. The Morgan fingerprint density at radius 2 is 1.91 bits per heavy atom. The summed E-state index contributed by atoms with van der Waals surface area (Å²) in [5, 5.41) is 4.51. The highest BCUT2D eigenvalue weighted by Crippen LogP contribution is 2.39. The van der Waals surface area contributed by atoms with Crippen molar-refractivity contribution in [1.82, 2.24) is 4.90 Å².